The van der Waals surface area contributed by atoms with Crippen molar-refractivity contribution in [3.05, 3.63) is 33.8 Å². The van der Waals surface area contributed by atoms with Crippen molar-refractivity contribution in [2.75, 3.05) is 0 Å². The highest BCUT2D eigenvalue weighted by molar-refractivity contribution is 6.42. The molecule has 3 rings (SSSR count). The third-order valence-corrected chi connectivity index (χ3v) is 4.70. The zero-order chi connectivity index (χ0) is 12.9. The highest BCUT2D eigenvalue weighted by Gasteiger charge is 2.62. The molecule has 0 heterocycles. The summed E-state index contributed by atoms with van der Waals surface area (Å²) in [6.45, 7) is 0.436. The second-order valence-corrected chi connectivity index (χ2v) is 5.91. The summed E-state index contributed by atoms with van der Waals surface area (Å²) in [7, 11) is 0. The summed E-state index contributed by atoms with van der Waals surface area (Å²) in [6, 6.07) is 5.22. The molecule has 5 atom stereocenters. The van der Waals surface area contributed by atoms with Gasteiger partial charge in [-0.25, -0.2) is 4.39 Å². The number of fused-ring (bicyclic) bond motifs is 1. The van der Waals surface area contributed by atoms with Crippen LogP contribution in [0.5, 0.6) is 0 Å². The van der Waals surface area contributed by atoms with E-state index < -0.39 is 6.17 Å². The summed E-state index contributed by atoms with van der Waals surface area (Å²) in [5, 5.41) is 1.04. The average molecular weight is 290 g/mol. The van der Waals surface area contributed by atoms with Crippen LogP contribution in [0.15, 0.2) is 18.2 Å². The second kappa shape index (κ2) is 4.64. The van der Waals surface area contributed by atoms with Crippen LogP contribution in [0.25, 0.3) is 0 Å². The van der Waals surface area contributed by atoms with Crippen LogP contribution in [0, 0.1) is 11.8 Å². The molecule has 1 aromatic rings. The SMILES string of the molecule is N[C@@H]1[C@@H]2[C@H](F)[C@@H]2C[C@H]1OCc1ccc(Cl)c(Cl)c1. The van der Waals surface area contributed by atoms with Gasteiger partial charge in [0.1, 0.15) is 6.17 Å². The van der Waals surface area contributed by atoms with Crippen LogP contribution in [0.4, 0.5) is 4.39 Å². The van der Waals surface area contributed by atoms with Gasteiger partial charge < -0.3 is 10.5 Å². The van der Waals surface area contributed by atoms with Crippen molar-refractivity contribution < 1.29 is 9.13 Å². The Labute approximate surface area is 115 Å². The fourth-order valence-electron chi connectivity index (χ4n) is 2.83. The van der Waals surface area contributed by atoms with Crippen molar-refractivity contribution in [1.29, 1.82) is 0 Å². The minimum Gasteiger partial charge on any atom is -0.372 e. The number of hydrogen-bond acceptors (Lipinski definition) is 2. The van der Waals surface area contributed by atoms with Crippen molar-refractivity contribution in [2.45, 2.75) is 31.3 Å². The molecule has 0 spiro atoms. The van der Waals surface area contributed by atoms with E-state index >= 15 is 0 Å². The molecule has 5 heteroatoms. The molecule has 2 nitrogen and oxygen atoms in total. The Morgan fingerprint density at radius 1 is 1.33 bits per heavy atom. The number of nitrogens with two attached hydrogens (primary N) is 1. The number of rotatable bonds is 3. The number of alkyl halides is 1. The van der Waals surface area contributed by atoms with Gasteiger partial charge in [0, 0.05) is 17.9 Å². The molecule has 2 saturated carbocycles. The molecule has 0 radical (unpaired) electrons. The Balaban J connectivity index is 1.57. The predicted molar refractivity (Wildman–Crippen MR) is 69.5 cm³/mol. The molecule has 0 saturated heterocycles. The maximum absolute atomic E-state index is 13.1. The van der Waals surface area contributed by atoms with Crippen molar-refractivity contribution in [2.24, 2.45) is 17.6 Å². The minimum atomic E-state index is -0.704. The lowest BCUT2D eigenvalue weighted by atomic mass is 10.1. The Morgan fingerprint density at radius 3 is 2.72 bits per heavy atom. The summed E-state index contributed by atoms with van der Waals surface area (Å²) < 4.78 is 18.9. The second-order valence-electron chi connectivity index (χ2n) is 5.10. The molecular weight excluding hydrogens is 276 g/mol. The van der Waals surface area contributed by atoms with Gasteiger partial charge in [-0.15, -0.1) is 0 Å². The molecule has 0 bridgehead atoms. The zero-order valence-electron chi connectivity index (χ0n) is 9.65. The van der Waals surface area contributed by atoms with E-state index in [2.05, 4.69) is 0 Å². The molecule has 0 unspecified atom stereocenters. The zero-order valence-corrected chi connectivity index (χ0v) is 11.2. The maximum atomic E-state index is 13.1. The van der Waals surface area contributed by atoms with E-state index in [0.29, 0.717) is 16.7 Å². The number of benzene rings is 1. The van der Waals surface area contributed by atoms with Gasteiger partial charge in [0.25, 0.3) is 0 Å². The minimum absolute atomic E-state index is 0.0174. The van der Waals surface area contributed by atoms with Crippen LogP contribution >= 0.6 is 23.2 Å². The lowest BCUT2D eigenvalue weighted by Crippen LogP contribution is -2.36. The van der Waals surface area contributed by atoms with E-state index in [0.717, 1.165) is 12.0 Å². The van der Waals surface area contributed by atoms with Gasteiger partial charge in [-0.05, 0) is 24.1 Å². The predicted octanol–water partition coefficient (Wildman–Crippen LogP) is 3.19. The first-order chi connectivity index (χ1) is 8.58. The average Bonchev–Trinajstić information content (AvgIpc) is 2.83. The molecule has 98 valence electrons. The van der Waals surface area contributed by atoms with Crippen molar-refractivity contribution in [1.82, 2.24) is 0 Å². The van der Waals surface area contributed by atoms with Gasteiger partial charge in [0.2, 0.25) is 0 Å². The Kier molecular flexibility index (Phi) is 3.27. The summed E-state index contributed by atoms with van der Waals surface area (Å²) in [6.07, 6.45) is -0.0137. The van der Waals surface area contributed by atoms with E-state index in [-0.39, 0.29) is 24.0 Å². The summed E-state index contributed by atoms with van der Waals surface area (Å²) in [5.74, 6) is 0.141. The summed E-state index contributed by atoms with van der Waals surface area (Å²) >= 11 is 11.8. The fraction of sp³-hybridized carbons (Fsp3) is 0.538. The number of ether oxygens (including phenoxy) is 1. The van der Waals surface area contributed by atoms with Gasteiger partial charge in [-0.2, -0.15) is 0 Å². The lowest BCUT2D eigenvalue weighted by molar-refractivity contribution is 0.0214. The standard InChI is InChI=1S/C13H14Cl2FNO/c14-8-2-1-6(3-9(8)15)5-18-10-4-7-11(12(7)16)13(10)17/h1-3,7,10-13H,4-5,17H2/t7-,10-,11+,12-,13+/m1/s1. The smallest absolute Gasteiger partial charge is 0.108 e. The lowest BCUT2D eigenvalue weighted by Gasteiger charge is -2.20. The van der Waals surface area contributed by atoms with Crippen LogP contribution in [0.2, 0.25) is 10.0 Å². The maximum Gasteiger partial charge on any atom is 0.108 e. The molecule has 18 heavy (non-hydrogen) atoms. The Bertz CT molecular complexity index is 470. The van der Waals surface area contributed by atoms with Crippen molar-refractivity contribution >= 4 is 23.2 Å². The van der Waals surface area contributed by atoms with Gasteiger partial charge >= 0.3 is 0 Å². The van der Waals surface area contributed by atoms with E-state index in [1.54, 1.807) is 12.1 Å². The molecule has 2 aliphatic carbocycles. The first kappa shape index (κ1) is 12.7. The number of halogens is 3. The van der Waals surface area contributed by atoms with Gasteiger partial charge in [-0.3, -0.25) is 0 Å². The Hall–Kier alpha value is -0.350. The molecular formula is C13H14Cl2FNO. The molecule has 2 aliphatic rings. The van der Waals surface area contributed by atoms with E-state index in [1.165, 1.54) is 0 Å². The monoisotopic (exact) mass is 289 g/mol. The third-order valence-electron chi connectivity index (χ3n) is 3.96. The van der Waals surface area contributed by atoms with Gasteiger partial charge in [0.05, 0.1) is 22.8 Å². The quantitative estimate of drug-likeness (QED) is 0.928. The summed E-state index contributed by atoms with van der Waals surface area (Å²) in [4.78, 5) is 0. The van der Waals surface area contributed by atoms with Crippen LogP contribution < -0.4 is 5.73 Å². The normalized spacial score (nSPS) is 37.7. The molecule has 1 aromatic carbocycles. The molecule has 2 fully saturated rings. The van der Waals surface area contributed by atoms with Crippen LogP contribution in [-0.2, 0) is 11.3 Å². The number of hydrogen-bond donors (Lipinski definition) is 1. The molecule has 0 amide bonds. The highest BCUT2D eigenvalue weighted by atomic mass is 35.5. The Morgan fingerprint density at radius 2 is 2.11 bits per heavy atom. The van der Waals surface area contributed by atoms with E-state index in [1.807, 2.05) is 6.07 Å². The first-order valence-electron chi connectivity index (χ1n) is 6.03. The first-order valence-corrected chi connectivity index (χ1v) is 6.78. The summed E-state index contributed by atoms with van der Waals surface area (Å²) in [5.41, 5.74) is 6.91. The van der Waals surface area contributed by atoms with Crippen LogP contribution in [0.3, 0.4) is 0 Å². The van der Waals surface area contributed by atoms with Gasteiger partial charge in [-0.1, -0.05) is 29.3 Å². The van der Waals surface area contributed by atoms with E-state index in [9.17, 15) is 4.39 Å². The fourth-order valence-corrected chi connectivity index (χ4v) is 3.15. The third kappa shape index (κ3) is 2.14. The van der Waals surface area contributed by atoms with Crippen LogP contribution in [0.1, 0.15) is 12.0 Å². The molecule has 0 aromatic heterocycles. The van der Waals surface area contributed by atoms with Crippen molar-refractivity contribution in [3.8, 4) is 0 Å². The van der Waals surface area contributed by atoms with Crippen molar-refractivity contribution in [3.63, 3.8) is 0 Å². The van der Waals surface area contributed by atoms with Gasteiger partial charge in [0.15, 0.2) is 0 Å². The molecule has 2 N–H and O–H groups in total. The largest absolute Gasteiger partial charge is 0.372 e. The van der Waals surface area contributed by atoms with E-state index in [4.69, 9.17) is 33.7 Å². The van der Waals surface area contributed by atoms with Crippen LogP contribution in [-0.4, -0.2) is 18.3 Å². The topological polar surface area (TPSA) is 35.2 Å². The highest BCUT2D eigenvalue weighted by Crippen LogP contribution is 2.54. The molecule has 0 aliphatic heterocycles.